The van der Waals surface area contributed by atoms with E-state index in [-0.39, 0.29) is 12.1 Å². The number of amides is 2. The van der Waals surface area contributed by atoms with Gasteiger partial charge in [0.05, 0.1) is 23.7 Å². The molecule has 0 unspecified atom stereocenters. The Bertz CT molecular complexity index is 560. The van der Waals surface area contributed by atoms with Crippen LogP contribution in [0.1, 0.15) is 21.7 Å². The summed E-state index contributed by atoms with van der Waals surface area (Å²) in [6.07, 6.45) is -3.21. The second kappa shape index (κ2) is 5.09. The third-order valence-electron chi connectivity index (χ3n) is 3.77. The zero-order valence-electron chi connectivity index (χ0n) is 11.5. The van der Waals surface area contributed by atoms with E-state index < -0.39 is 36.4 Å². The minimum Gasteiger partial charge on any atom is -0.469 e. The number of rotatable bonds is 2. The number of aryl methyl sites for hydroxylation is 2. The molecule has 1 saturated heterocycles. The van der Waals surface area contributed by atoms with Gasteiger partial charge in [-0.3, -0.25) is 9.59 Å². The fraction of sp³-hybridized carbons (Fsp3) is 0.538. The SMILES string of the molecule is Cc1coc(C)c1C(=O)N1C[C@@H](C(F)(F)F)[C@H](C(N)=O)C1. The second-order valence-electron chi connectivity index (χ2n) is 5.22. The molecule has 0 bridgehead atoms. The van der Waals surface area contributed by atoms with Gasteiger partial charge in [-0.05, 0) is 13.8 Å². The van der Waals surface area contributed by atoms with Crippen LogP contribution in [-0.2, 0) is 4.79 Å². The van der Waals surface area contributed by atoms with Gasteiger partial charge in [0.15, 0.2) is 0 Å². The number of furan rings is 1. The summed E-state index contributed by atoms with van der Waals surface area (Å²) in [7, 11) is 0. The number of carbonyl (C=O) groups excluding carboxylic acids is 2. The Balaban J connectivity index is 2.27. The van der Waals surface area contributed by atoms with E-state index in [1.54, 1.807) is 13.8 Å². The van der Waals surface area contributed by atoms with Crippen LogP contribution < -0.4 is 5.73 Å². The fourth-order valence-electron chi connectivity index (χ4n) is 2.64. The van der Waals surface area contributed by atoms with Crippen LogP contribution in [0.3, 0.4) is 0 Å². The number of hydrogen-bond donors (Lipinski definition) is 1. The number of likely N-dealkylation sites (tertiary alicyclic amines) is 1. The van der Waals surface area contributed by atoms with Crippen LogP contribution >= 0.6 is 0 Å². The Morgan fingerprint density at radius 1 is 1.33 bits per heavy atom. The molecule has 0 radical (unpaired) electrons. The molecule has 0 spiro atoms. The van der Waals surface area contributed by atoms with Crippen LogP contribution in [-0.4, -0.2) is 36.0 Å². The van der Waals surface area contributed by atoms with Gasteiger partial charge in [-0.15, -0.1) is 0 Å². The Morgan fingerprint density at radius 3 is 2.33 bits per heavy atom. The minimum absolute atomic E-state index is 0.237. The zero-order valence-corrected chi connectivity index (χ0v) is 11.5. The van der Waals surface area contributed by atoms with E-state index in [2.05, 4.69) is 0 Å². The first-order valence-corrected chi connectivity index (χ1v) is 6.33. The van der Waals surface area contributed by atoms with E-state index in [0.29, 0.717) is 11.3 Å². The summed E-state index contributed by atoms with van der Waals surface area (Å²) in [5.41, 5.74) is 5.81. The summed E-state index contributed by atoms with van der Waals surface area (Å²) in [6, 6.07) is 0. The molecule has 2 amide bonds. The standard InChI is InChI=1S/C13H15F3N2O3/c1-6-5-21-7(2)10(6)12(20)18-3-8(11(17)19)9(4-18)13(14,15)16/h5,8-9H,3-4H2,1-2H3,(H2,17,19)/t8-,9-/m1/s1. The maximum absolute atomic E-state index is 12.9. The van der Waals surface area contributed by atoms with Crippen molar-refractivity contribution in [3.05, 3.63) is 23.2 Å². The Morgan fingerprint density at radius 2 is 1.95 bits per heavy atom. The Hall–Kier alpha value is -1.99. The number of primary amides is 1. The van der Waals surface area contributed by atoms with Crippen molar-refractivity contribution in [2.24, 2.45) is 17.6 Å². The van der Waals surface area contributed by atoms with Crippen molar-refractivity contribution in [3.63, 3.8) is 0 Å². The smallest absolute Gasteiger partial charge is 0.394 e. The molecule has 8 heteroatoms. The van der Waals surface area contributed by atoms with Crippen LogP contribution in [0.5, 0.6) is 0 Å². The number of hydrogen-bond acceptors (Lipinski definition) is 3. The number of alkyl halides is 3. The summed E-state index contributed by atoms with van der Waals surface area (Å²) in [6.45, 7) is 2.29. The van der Waals surface area contributed by atoms with E-state index >= 15 is 0 Å². The van der Waals surface area contributed by atoms with Gasteiger partial charge in [-0.2, -0.15) is 13.2 Å². The summed E-state index contributed by atoms with van der Waals surface area (Å²) in [5, 5.41) is 0. The molecule has 1 aliphatic heterocycles. The predicted molar refractivity (Wildman–Crippen MR) is 66.3 cm³/mol. The Labute approximate surface area is 118 Å². The molecule has 116 valence electrons. The molecule has 2 N–H and O–H groups in total. The van der Waals surface area contributed by atoms with E-state index in [1.807, 2.05) is 0 Å². The molecule has 0 saturated carbocycles. The molecule has 2 rings (SSSR count). The molecule has 5 nitrogen and oxygen atoms in total. The van der Waals surface area contributed by atoms with E-state index in [1.165, 1.54) is 6.26 Å². The maximum atomic E-state index is 12.9. The molecule has 1 fully saturated rings. The van der Waals surface area contributed by atoms with Gasteiger partial charge < -0.3 is 15.1 Å². The monoisotopic (exact) mass is 304 g/mol. The van der Waals surface area contributed by atoms with E-state index in [0.717, 1.165) is 4.90 Å². The Kier molecular flexibility index (Phi) is 3.73. The van der Waals surface area contributed by atoms with Crippen LogP contribution in [0.4, 0.5) is 13.2 Å². The van der Waals surface area contributed by atoms with Crippen molar-refractivity contribution in [3.8, 4) is 0 Å². The third kappa shape index (κ3) is 2.74. The molecular formula is C13H15F3N2O3. The molecule has 1 aromatic heterocycles. The highest BCUT2D eigenvalue weighted by Crippen LogP contribution is 2.38. The lowest BCUT2D eigenvalue weighted by atomic mass is 9.95. The lowest BCUT2D eigenvalue weighted by Gasteiger charge is -2.18. The molecule has 1 aliphatic rings. The first-order chi connectivity index (χ1) is 9.62. The van der Waals surface area contributed by atoms with Crippen LogP contribution in [0.25, 0.3) is 0 Å². The fourth-order valence-corrected chi connectivity index (χ4v) is 2.64. The second-order valence-corrected chi connectivity index (χ2v) is 5.22. The van der Waals surface area contributed by atoms with Crippen LogP contribution in [0.2, 0.25) is 0 Å². The van der Waals surface area contributed by atoms with Crippen molar-refractivity contribution in [2.45, 2.75) is 20.0 Å². The molecule has 21 heavy (non-hydrogen) atoms. The molecule has 0 aliphatic carbocycles. The van der Waals surface area contributed by atoms with Crippen LogP contribution in [0.15, 0.2) is 10.7 Å². The summed E-state index contributed by atoms with van der Waals surface area (Å²) < 4.78 is 43.9. The summed E-state index contributed by atoms with van der Waals surface area (Å²) >= 11 is 0. The van der Waals surface area contributed by atoms with Gasteiger partial charge >= 0.3 is 6.18 Å². The van der Waals surface area contributed by atoms with Gasteiger partial charge in [0.25, 0.3) is 5.91 Å². The lowest BCUT2D eigenvalue weighted by Crippen LogP contribution is -2.37. The highest BCUT2D eigenvalue weighted by atomic mass is 19.4. The van der Waals surface area contributed by atoms with Gasteiger partial charge in [0.2, 0.25) is 5.91 Å². The molecule has 1 aromatic rings. The molecule has 2 atom stereocenters. The molecular weight excluding hydrogens is 289 g/mol. The normalized spacial score (nSPS) is 22.6. The lowest BCUT2D eigenvalue weighted by molar-refractivity contribution is -0.182. The quantitative estimate of drug-likeness (QED) is 0.902. The van der Waals surface area contributed by atoms with Crippen LogP contribution in [0, 0.1) is 25.7 Å². The van der Waals surface area contributed by atoms with Gasteiger partial charge in [0.1, 0.15) is 5.76 Å². The van der Waals surface area contributed by atoms with E-state index in [4.69, 9.17) is 10.2 Å². The largest absolute Gasteiger partial charge is 0.469 e. The van der Waals surface area contributed by atoms with Crippen molar-refractivity contribution in [1.29, 1.82) is 0 Å². The summed E-state index contributed by atoms with van der Waals surface area (Å²) in [4.78, 5) is 24.6. The maximum Gasteiger partial charge on any atom is 0.394 e. The van der Waals surface area contributed by atoms with Crippen molar-refractivity contribution < 1.29 is 27.2 Å². The number of carbonyl (C=O) groups is 2. The zero-order chi connectivity index (χ0) is 15.9. The van der Waals surface area contributed by atoms with Crippen molar-refractivity contribution in [1.82, 2.24) is 4.90 Å². The number of halogens is 3. The number of nitrogens with two attached hydrogens (primary N) is 1. The van der Waals surface area contributed by atoms with Crippen molar-refractivity contribution >= 4 is 11.8 Å². The van der Waals surface area contributed by atoms with E-state index in [9.17, 15) is 22.8 Å². The first kappa shape index (κ1) is 15.4. The summed E-state index contributed by atoms with van der Waals surface area (Å²) in [5.74, 6) is -4.62. The highest BCUT2D eigenvalue weighted by Gasteiger charge is 2.53. The van der Waals surface area contributed by atoms with Crippen molar-refractivity contribution in [2.75, 3.05) is 13.1 Å². The topological polar surface area (TPSA) is 76.5 Å². The first-order valence-electron chi connectivity index (χ1n) is 6.33. The minimum atomic E-state index is -4.57. The van der Waals surface area contributed by atoms with Gasteiger partial charge in [0, 0.05) is 18.7 Å². The molecule has 0 aromatic carbocycles. The highest BCUT2D eigenvalue weighted by molar-refractivity contribution is 5.97. The van der Waals surface area contributed by atoms with Gasteiger partial charge in [-0.1, -0.05) is 0 Å². The van der Waals surface area contributed by atoms with Gasteiger partial charge in [-0.25, -0.2) is 0 Å². The average molecular weight is 304 g/mol. The average Bonchev–Trinajstić information content (AvgIpc) is 2.92. The molecule has 2 heterocycles. The third-order valence-corrected chi connectivity index (χ3v) is 3.77. The number of nitrogens with zero attached hydrogens (tertiary/aromatic N) is 1. The predicted octanol–water partition coefficient (Wildman–Crippen LogP) is 1.63.